The van der Waals surface area contributed by atoms with Crippen LogP contribution >= 0.6 is 11.8 Å². The molecule has 0 aliphatic carbocycles. The molecular weight excluding hydrogens is 409 g/mol. The first kappa shape index (κ1) is 22.3. The Hall–Kier alpha value is -2.43. The lowest BCUT2D eigenvalue weighted by Crippen LogP contribution is -2.45. The Morgan fingerprint density at radius 1 is 1.37 bits per heavy atom. The molecule has 1 aromatic rings. The largest absolute Gasteiger partial charge is 0.429 e. The van der Waals surface area contributed by atoms with Gasteiger partial charge in [0.2, 0.25) is 0 Å². The molecule has 1 N–H and O–H groups in total. The highest BCUT2D eigenvalue weighted by atomic mass is 32.2. The predicted molar refractivity (Wildman–Crippen MR) is 115 cm³/mol. The second-order valence-corrected chi connectivity index (χ2v) is 7.80. The van der Waals surface area contributed by atoms with Crippen LogP contribution in [0, 0.1) is 5.82 Å². The highest BCUT2D eigenvalue weighted by Crippen LogP contribution is 2.33. The van der Waals surface area contributed by atoms with E-state index in [1.54, 1.807) is 12.1 Å². The summed E-state index contributed by atoms with van der Waals surface area (Å²) in [5.41, 5.74) is 3.51. The minimum atomic E-state index is -0.593. The van der Waals surface area contributed by atoms with Gasteiger partial charge in [-0.2, -0.15) is 4.99 Å². The number of hydrazine groups is 2. The average Bonchev–Trinajstić information content (AvgIpc) is 3.11. The summed E-state index contributed by atoms with van der Waals surface area (Å²) in [5.74, 6) is -0.719. The van der Waals surface area contributed by atoms with Gasteiger partial charge in [-0.25, -0.2) is 24.6 Å². The van der Waals surface area contributed by atoms with Crippen LogP contribution in [0.1, 0.15) is 32.3 Å². The summed E-state index contributed by atoms with van der Waals surface area (Å²) in [5, 5.41) is 5.60. The number of amidine groups is 1. The molecule has 2 aliphatic heterocycles. The average molecular weight is 436 g/mol. The normalized spacial score (nSPS) is 18.2. The fourth-order valence-corrected chi connectivity index (χ4v) is 4.06. The second kappa shape index (κ2) is 10.1. The molecule has 3 rings (SSSR count). The van der Waals surface area contributed by atoms with Crippen molar-refractivity contribution in [2.45, 2.75) is 26.7 Å². The van der Waals surface area contributed by atoms with Gasteiger partial charge in [0.05, 0.1) is 4.91 Å². The summed E-state index contributed by atoms with van der Waals surface area (Å²) in [7, 11) is 1.61. The SMILES string of the molecule is CCN(CC)N(C)C(=O)Oc1ccc(F)cc1C=C1SC(N2CCCCN2)=NC1=O. The number of hydrogen-bond donors (Lipinski definition) is 1. The molecule has 0 radical (unpaired) electrons. The molecule has 0 bridgehead atoms. The Morgan fingerprint density at radius 3 is 2.80 bits per heavy atom. The number of carbonyl (C=O) groups excluding carboxylic acids is 2. The quantitative estimate of drug-likeness (QED) is 0.563. The molecule has 0 saturated carbocycles. The highest BCUT2D eigenvalue weighted by molar-refractivity contribution is 8.18. The maximum Gasteiger partial charge on any atom is 0.429 e. The zero-order valence-electron chi connectivity index (χ0n) is 17.4. The maximum atomic E-state index is 13.9. The summed E-state index contributed by atoms with van der Waals surface area (Å²) < 4.78 is 19.4. The first-order valence-electron chi connectivity index (χ1n) is 9.96. The van der Waals surface area contributed by atoms with Gasteiger partial charge in [-0.3, -0.25) is 9.80 Å². The van der Waals surface area contributed by atoms with Crippen molar-refractivity contribution in [2.75, 3.05) is 33.2 Å². The van der Waals surface area contributed by atoms with Gasteiger partial charge in [0, 0.05) is 38.8 Å². The number of amides is 2. The fraction of sp³-hybridized carbons (Fsp3) is 0.450. The number of nitrogens with one attached hydrogen (secondary N) is 1. The van der Waals surface area contributed by atoms with E-state index in [1.807, 2.05) is 18.9 Å². The van der Waals surface area contributed by atoms with E-state index in [2.05, 4.69) is 10.4 Å². The van der Waals surface area contributed by atoms with Gasteiger partial charge in [-0.05, 0) is 48.9 Å². The minimum absolute atomic E-state index is 0.172. The van der Waals surface area contributed by atoms with E-state index >= 15 is 0 Å². The molecule has 0 aromatic heterocycles. The monoisotopic (exact) mass is 435 g/mol. The van der Waals surface area contributed by atoms with Crippen molar-refractivity contribution in [1.29, 1.82) is 0 Å². The Kier molecular flexibility index (Phi) is 7.46. The van der Waals surface area contributed by atoms with Crippen molar-refractivity contribution in [3.8, 4) is 5.75 Å². The molecule has 0 unspecified atom stereocenters. The van der Waals surface area contributed by atoms with Crippen molar-refractivity contribution in [1.82, 2.24) is 20.5 Å². The van der Waals surface area contributed by atoms with Crippen LogP contribution in [-0.2, 0) is 4.79 Å². The Bertz CT molecular complexity index is 866. The summed E-state index contributed by atoms with van der Waals surface area (Å²) in [6.45, 7) is 6.73. The van der Waals surface area contributed by atoms with E-state index in [1.165, 1.54) is 41.0 Å². The van der Waals surface area contributed by atoms with Crippen LogP contribution in [0.15, 0.2) is 28.1 Å². The molecular formula is C20H26FN5O3S. The lowest BCUT2D eigenvalue weighted by molar-refractivity contribution is -0.113. The topological polar surface area (TPSA) is 77.5 Å². The first-order valence-corrected chi connectivity index (χ1v) is 10.8. The lowest BCUT2D eigenvalue weighted by atomic mass is 10.2. The summed E-state index contributed by atoms with van der Waals surface area (Å²) >= 11 is 1.22. The van der Waals surface area contributed by atoms with E-state index in [0.717, 1.165) is 25.9 Å². The third-order valence-electron chi connectivity index (χ3n) is 4.83. The van der Waals surface area contributed by atoms with Gasteiger partial charge >= 0.3 is 6.09 Å². The molecule has 8 nitrogen and oxygen atoms in total. The number of halogens is 1. The van der Waals surface area contributed by atoms with Crippen LogP contribution in [0.3, 0.4) is 0 Å². The molecule has 1 fully saturated rings. The molecule has 1 saturated heterocycles. The van der Waals surface area contributed by atoms with E-state index in [0.29, 0.717) is 28.7 Å². The first-order chi connectivity index (χ1) is 14.4. The number of aliphatic imine (C=N–C) groups is 1. The Balaban J connectivity index is 1.79. The lowest BCUT2D eigenvalue weighted by Gasteiger charge is -2.28. The molecule has 0 atom stereocenters. The van der Waals surface area contributed by atoms with Gasteiger partial charge in [0.15, 0.2) is 5.17 Å². The zero-order valence-corrected chi connectivity index (χ0v) is 18.2. The van der Waals surface area contributed by atoms with Gasteiger partial charge in [0.25, 0.3) is 5.91 Å². The maximum absolute atomic E-state index is 13.9. The zero-order chi connectivity index (χ0) is 21.7. The van der Waals surface area contributed by atoms with Crippen LogP contribution in [-0.4, -0.2) is 65.4 Å². The summed E-state index contributed by atoms with van der Waals surface area (Å²) in [4.78, 5) is 29.3. The van der Waals surface area contributed by atoms with Crippen LogP contribution < -0.4 is 10.2 Å². The van der Waals surface area contributed by atoms with Crippen molar-refractivity contribution in [3.05, 3.63) is 34.5 Å². The van der Waals surface area contributed by atoms with Crippen molar-refractivity contribution in [2.24, 2.45) is 4.99 Å². The number of ether oxygens (including phenoxy) is 1. The Morgan fingerprint density at radius 2 is 2.13 bits per heavy atom. The molecule has 30 heavy (non-hydrogen) atoms. The van der Waals surface area contributed by atoms with E-state index in [4.69, 9.17) is 4.74 Å². The molecule has 2 amide bonds. The number of nitrogens with zero attached hydrogens (tertiary/aromatic N) is 4. The number of benzene rings is 1. The fourth-order valence-electron chi connectivity index (χ4n) is 3.15. The van der Waals surface area contributed by atoms with Crippen molar-refractivity contribution in [3.63, 3.8) is 0 Å². The molecule has 0 spiro atoms. The summed E-state index contributed by atoms with van der Waals surface area (Å²) in [6, 6.07) is 3.83. The standard InChI is InChI=1S/C20H26FN5O3S/c1-4-25(5-2)24(3)20(28)29-16-9-8-15(21)12-14(16)13-17-18(27)23-19(30-17)26-11-7-6-10-22-26/h8-9,12-13,22H,4-7,10-11H2,1-3H3. The predicted octanol–water partition coefficient (Wildman–Crippen LogP) is 3.08. The second-order valence-electron chi connectivity index (χ2n) is 6.79. The number of thioether (sulfide) groups is 1. The molecule has 10 heteroatoms. The summed E-state index contributed by atoms with van der Waals surface area (Å²) in [6.07, 6.45) is 3.01. The molecule has 2 heterocycles. The molecule has 1 aromatic carbocycles. The number of carbonyl (C=O) groups is 2. The smallest absolute Gasteiger partial charge is 0.409 e. The van der Waals surface area contributed by atoms with Crippen LogP contribution in [0.5, 0.6) is 5.75 Å². The van der Waals surface area contributed by atoms with Gasteiger partial charge in [0.1, 0.15) is 11.6 Å². The third-order valence-corrected chi connectivity index (χ3v) is 5.83. The van der Waals surface area contributed by atoms with Crippen LogP contribution in [0.2, 0.25) is 0 Å². The van der Waals surface area contributed by atoms with E-state index in [9.17, 15) is 14.0 Å². The minimum Gasteiger partial charge on any atom is -0.409 e. The van der Waals surface area contributed by atoms with Crippen molar-refractivity contribution >= 4 is 35.0 Å². The molecule has 162 valence electrons. The number of rotatable bonds is 5. The highest BCUT2D eigenvalue weighted by Gasteiger charge is 2.28. The van der Waals surface area contributed by atoms with Crippen LogP contribution in [0.25, 0.3) is 6.08 Å². The van der Waals surface area contributed by atoms with Crippen LogP contribution in [0.4, 0.5) is 9.18 Å². The van der Waals surface area contributed by atoms with Gasteiger partial charge in [-0.1, -0.05) is 13.8 Å². The number of hydrogen-bond acceptors (Lipinski definition) is 7. The molecule has 2 aliphatic rings. The van der Waals surface area contributed by atoms with Gasteiger partial charge in [-0.15, -0.1) is 0 Å². The van der Waals surface area contributed by atoms with Gasteiger partial charge < -0.3 is 4.74 Å². The third kappa shape index (κ3) is 5.18. The van der Waals surface area contributed by atoms with Crippen molar-refractivity contribution < 1.29 is 18.7 Å². The van der Waals surface area contributed by atoms with E-state index in [-0.39, 0.29) is 5.75 Å². The van der Waals surface area contributed by atoms with E-state index < -0.39 is 17.8 Å². The Labute approximate surface area is 179 Å².